The van der Waals surface area contributed by atoms with E-state index >= 15 is 0 Å². The van der Waals surface area contributed by atoms with Crippen LogP contribution in [0.15, 0.2) is 94.9 Å². The molecule has 0 spiro atoms. The third-order valence-corrected chi connectivity index (χ3v) is 10.2. The Morgan fingerprint density at radius 2 is 1.65 bits per heavy atom. The minimum atomic E-state index is -4.27. The molecule has 3 aromatic carbocycles. The summed E-state index contributed by atoms with van der Waals surface area (Å²) < 4.78 is 66.4. The number of ketones is 1. The van der Waals surface area contributed by atoms with E-state index in [1.807, 2.05) is 19.1 Å². The second-order valence-corrected chi connectivity index (χ2v) is 15.7. The molecule has 1 amide bonds. The Bertz CT molecular complexity index is 2010. The van der Waals surface area contributed by atoms with Crippen molar-refractivity contribution >= 4 is 42.9 Å². The van der Waals surface area contributed by atoms with Gasteiger partial charge in [-0.1, -0.05) is 48.0 Å². The quantitative estimate of drug-likeness (QED) is 0.233. The van der Waals surface area contributed by atoms with Gasteiger partial charge in [0.15, 0.2) is 10.8 Å². The molecule has 2 heterocycles. The zero-order valence-corrected chi connectivity index (χ0v) is 28.7. The first-order chi connectivity index (χ1) is 22.6. The second-order valence-electron chi connectivity index (χ2n) is 12.5. The number of carbonyl (C=O) groups is 2. The van der Waals surface area contributed by atoms with Gasteiger partial charge in [0, 0.05) is 25.0 Å². The van der Waals surface area contributed by atoms with Gasteiger partial charge in [-0.15, -0.1) is 0 Å². The maximum Gasteiger partial charge on any atom is 0.410 e. The summed E-state index contributed by atoms with van der Waals surface area (Å²) in [6, 6.07) is 19.9. The summed E-state index contributed by atoms with van der Waals surface area (Å²) in [5, 5.41) is 3.64. The van der Waals surface area contributed by atoms with Crippen LogP contribution in [0.25, 0.3) is 10.9 Å². The van der Waals surface area contributed by atoms with Crippen molar-refractivity contribution in [1.29, 1.82) is 0 Å². The molecule has 2 atom stereocenters. The second kappa shape index (κ2) is 14.0. The maximum atomic E-state index is 14.1. The van der Waals surface area contributed by atoms with Crippen molar-refractivity contribution < 1.29 is 35.3 Å². The molecule has 0 bridgehead atoms. The number of aryl methyl sites for hydroxylation is 1. The van der Waals surface area contributed by atoms with Gasteiger partial charge in [0.1, 0.15) is 17.4 Å². The SMILES string of the molecule is Cc1ccc(S(=O)(=O)N[C@@H](Cc2ccc(OS(=O)(=O)c3ccc4ccccc4n3)cc2)C(=O)C2CNCCN2C(=O)OC(C)(C)C)cc1. The number of amides is 1. The predicted octanol–water partition coefficient (Wildman–Crippen LogP) is 3.98. The Kier molecular flexibility index (Phi) is 10.2. The summed E-state index contributed by atoms with van der Waals surface area (Å²) in [4.78, 5) is 32.7. The number of rotatable bonds is 10. The third-order valence-electron chi connectivity index (χ3n) is 7.57. The third kappa shape index (κ3) is 8.55. The summed E-state index contributed by atoms with van der Waals surface area (Å²) in [6.45, 7) is 7.72. The molecular formula is C34H38N4O8S2. The van der Waals surface area contributed by atoms with Gasteiger partial charge in [0.2, 0.25) is 10.0 Å². The van der Waals surface area contributed by atoms with Gasteiger partial charge >= 0.3 is 16.2 Å². The number of hydrogen-bond acceptors (Lipinski definition) is 10. The average molecular weight is 695 g/mol. The zero-order valence-electron chi connectivity index (χ0n) is 27.0. The highest BCUT2D eigenvalue weighted by Gasteiger charge is 2.39. The minimum absolute atomic E-state index is 0.00408. The highest BCUT2D eigenvalue weighted by atomic mass is 32.2. The van der Waals surface area contributed by atoms with Crippen LogP contribution in [-0.2, 0) is 36.1 Å². The largest absolute Gasteiger partial charge is 0.444 e. The van der Waals surface area contributed by atoms with Crippen molar-refractivity contribution in [1.82, 2.24) is 19.9 Å². The Balaban J connectivity index is 1.39. The highest BCUT2D eigenvalue weighted by Crippen LogP contribution is 2.23. The van der Waals surface area contributed by atoms with E-state index < -0.39 is 49.7 Å². The van der Waals surface area contributed by atoms with E-state index in [1.54, 1.807) is 63.2 Å². The summed E-state index contributed by atoms with van der Waals surface area (Å²) in [5.41, 5.74) is 1.08. The van der Waals surface area contributed by atoms with Crippen molar-refractivity contribution in [2.45, 2.75) is 61.7 Å². The van der Waals surface area contributed by atoms with Crippen LogP contribution in [0.3, 0.4) is 0 Å². The van der Waals surface area contributed by atoms with Crippen molar-refractivity contribution in [3.05, 3.63) is 96.1 Å². The molecule has 4 aromatic rings. The lowest BCUT2D eigenvalue weighted by molar-refractivity contribution is -0.126. The van der Waals surface area contributed by atoms with Gasteiger partial charge in [-0.05, 0) is 82.1 Å². The number of pyridine rings is 1. The number of fused-ring (bicyclic) bond motifs is 1. The molecule has 2 N–H and O–H groups in total. The van der Waals surface area contributed by atoms with E-state index in [0.29, 0.717) is 17.6 Å². The van der Waals surface area contributed by atoms with Gasteiger partial charge in [-0.2, -0.15) is 8.42 Å². The van der Waals surface area contributed by atoms with Gasteiger partial charge in [0.05, 0.1) is 16.5 Å². The fraction of sp³-hybridized carbons (Fsp3) is 0.324. The monoisotopic (exact) mass is 694 g/mol. The number of nitrogens with zero attached hydrogens (tertiary/aromatic N) is 2. The fourth-order valence-electron chi connectivity index (χ4n) is 5.18. The van der Waals surface area contributed by atoms with Crippen LogP contribution in [0.4, 0.5) is 4.79 Å². The number of Topliss-reactive ketones (excluding diaryl/α,β-unsaturated/α-hetero) is 1. The van der Waals surface area contributed by atoms with Gasteiger partial charge in [-0.25, -0.2) is 22.9 Å². The Morgan fingerprint density at radius 3 is 2.33 bits per heavy atom. The first-order valence-corrected chi connectivity index (χ1v) is 18.2. The number of aromatic nitrogens is 1. The lowest BCUT2D eigenvalue weighted by Gasteiger charge is -2.37. The molecule has 48 heavy (non-hydrogen) atoms. The fourth-order valence-corrected chi connectivity index (χ4v) is 7.27. The minimum Gasteiger partial charge on any atom is -0.444 e. The van der Waals surface area contributed by atoms with E-state index in [0.717, 1.165) is 10.9 Å². The number of ether oxygens (including phenoxy) is 1. The number of hydrogen-bond donors (Lipinski definition) is 2. The molecule has 0 saturated carbocycles. The van der Waals surface area contributed by atoms with Crippen LogP contribution < -0.4 is 14.2 Å². The number of carbonyl (C=O) groups excluding carboxylic acids is 2. The van der Waals surface area contributed by atoms with Crippen LogP contribution in [-0.4, -0.2) is 75.9 Å². The van der Waals surface area contributed by atoms with Crippen molar-refractivity contribution in [3.8, 4) is 5.75 Å². The molecule has 1 unspecified atom stereocenters. The van der Waals surface area contributed by atoms with Crippen LogP contribution >= 0.6 is 0 Å². The number of benzene rings is 3. The van der Waals surface area contributed by atoms with E-state index in [2.05, 4.69) is 15.0 Å². The summed E-state index contributed by atoms with van der Waals surface area (Å²) >= 11 is 0. The van der Waals surface area contributed by atoms with Crippen LogP contribution in [0.2, 0.25) is 0 Å². The molecule has 1 fully saturated rings. The van der Waals surface area contributed by atoms with E-state index in [4.69, 9.17) is 8.92 Å². The maximum absolute atomic E-state index is 14.1. The summed E-state index contributed by atoms with van der Waals surface area (Å²) in [6.07, 6.45) is -0.770. The molecular weight excluding hydrogens is 657 g/mol. The Hall–Kier alpha value is -4.37. The number of piperazine rings is 1. The predicted molar refractivity (Wildman–Crippen MR) is 180 cm³/mol. The van der Waals surface area contributed by atoms with Gasteiger partial charge in [-0.3, -0.25) is 9.69 Å². The zero-order chi connectivity index (χ0) is 34.7. The van der Waals surface area contributed by atoms with Crippen LogP contribution in [0.1, 0.15) is 31.9 Å². The molecule has 0 aliphatic carbocycles. The summed E-state index contributed by atoms with van der Waals surface area (Å²) in [7, 11) is -8.43. The topological polar surface area (TPSA) is 161 Å². The Labute approximate surface area is 280 Å². The van der Waals surface area contributed by atoms with Crippen molar-refractivity contribution in [2.75, 3.05) is 19.6 Å². The number of para-hydroxylation sites is 1. The summed E-state index contributed by atoms with van der Waals surface area (Å²) in [5.74, 6) is -0.529. The smallest absolute Gasteiger partial charge is 0.410 e. The Morgan fingerprint density at radius 1 is 0.958 bits per heavy atom. The molecule has 1 aliphatic heterocycles. The molecule has 1 saturated heterocycles. The normalized spacial score (nSPS) is 16.3. The van der Waals surface area contributed by atoms with Crippen LogP contribution in [0.5, 0.6) is 5.75 Å². The molecule has 254 valence electrons. The van der Waals surface area contributed by atoms with Crippen molar-refractivity contribution in [2.24, 2.45) is 0 Å². The van der Waals surface area contributed by atoms with E-state index in [-0.39, 0.29) is 35.2 Å². The number of sulfonamides is 1. The first kappa shape index (κ1) is 35.0. The molecule has 12 nitrogen and oxygen atoms in total. The molecule has 5 rings (SSSR count). The molecule has 0 radical (unpaired) electrons. The van der Waals surface area contributed by atoms with Crippen LogP contribution in [0, 0.1) is 6.92 Å². The average Bonchev–Trinajstić information content (AvgIpc) is 3.04. The molecule has 14 heteroatoms. The first-order valence-electron chi connectivity index (χ1n) is 15.3. The van der Waals surface area contributed by atoms with E-state index in [9.17, 15) is 26.4 Å². The molecule has 1 aromatic heterocycles. The van der Waals surface area contributed by atoms with Gasteiger partial charge < -0.3 is 14.2 Å². The highest BCUT2D eigenvalue weighted by molar-refractivity contribution is 7.89. The molecule has 1 aliphatic rings. The lowest BCUT2D eigenvalue weighted by atomic mass is 9.97. The number of nitrogens with one attached hydrogen (secondary N) is 2. The standard InChI is InChI=1S/C34H38N4O8S2/c1-23-9-16-27(17-10-23)47(41,42)37-29(32(39)30-22-35-19-20-38(30)33(40)45-34(2,3)4)21-24-11-14-26(15-12-24)46-48(43,44)31-18-13-25-7-5-6-8-28(25)36-31/h5-18,29-30,35,37H,19-22H2,1-4H3/t29-,30?/m0/s1. The van der Waals surface area contributed by atoms with Gasteiger partial charge in [0.25, 0.3) is 0 Å². The van der Waals surface area contributed by atoms with E-state index in [1.165, 1.54) is 35.2 Å². The van der Waals surface area contributed by atoms with Crippen molar-refractivity contribution in [3.63, 3.8) is 0 Å². The lowest BCUT2D eigenvalue weighted by Crippen LogP contribution is -2.61.